The molecule has 0 aliphatic heterocycles. The van der Waals surface area contributed by atoms with Crippen molar-refractivity contribution in [1.29, 1.82) is 0 Å². The topological polar surface area (TPSA) is 92.3 Å². The van der Waals surface area contributed by atoms with Crippen LogP contribution >= 0.6 is 0 Å². The van der Waals surface area contributed by atoms with Crippen LogP contribution in [0.4, 0.5) is 5.69 Å². The molecular formula is C21H31NNa2O4. The third kappa shape index (κ3) is 13.2. The Morgan fingerprint density at radius 2 is 1.21 bits per heavy atom. The Bertz CT molecular complexity index is 567. The summed E-state index contributed by atoms with van der Waals surface area (Å²) >= 11 is 0. The van der Waals surface area contributed by atoms with E-state index < -0.39 is 11.9 Å². The molecule has 0 aromatic heterocycles. The van der Waals surface area contributed by atoms with E-state index >= 15 is 0 Å². The third-order valence-electron chi connectivity index (χ3n) is 4.57. The number of unbranched alkanes of at least 4 members (excludes halogenated alkanes) is 10. The number of aromatic carboxylic acids is 2. The summed E-state index contributed by atoms with van der Waals surface area (Å²) in [6.45, 7) is 2.97. The number of hydrogen-bond acceptors (Lipinski definition) is 5. The SMILES string of the molecule is CCCCCCCCCCCCCNc1ccc(C(=O)[O-])c(C(=O)[O-])c1.[Na+].[Na+]. The van der Waals surface area contributed by atoms with Crippen LogP contribution in [0.15, 0.2) is 18.2 Å². The normalized spacial score (nSPS) is 9.89. The summed E-state index contributed by atoms with van der Waals surface area (Å²) < 4.78 is 0. The minimum atomic E-state index is -1.51. The Labute approximate surface area is 213 Å². The Balaban J connectivity index is 0. The van der Waals surface area contributed by atoms with Crippen molar-refractivity contribution in [3.63, 3.8) is 0 Å². The van der Waals surface area contributed by atoms with Crippen LogP contribution in [-0.4, -0.2) is 18.5 Å². The van der Waals surface area contributed by atoms with Crippen LogP contribution < -0.4 is 74.6 Å². The summed E-state index contributed by atoms with van der Waals surface area (Å²) in [5, 5.41) is 25.0. The molecule has 1 aromatic rings. The fourth-order valence-electron chi connectivity index (χ4n) is 3.02. The van der Waals surface area contributed by atoms with Gasteiger partial charge in [0.05, 0.1) is 11.9 Å². The van der Waals surface area contributed by atoms with Gasteiger partial charge < -0.3 is 25.1 Å². The summed E-state index contributed by atoms with van der Waals surface area (Å²) in [5.41, 5.74) is -0.125. The zero-order valence-corrected chi connectivity index (χ0v) is 21.9. The van der Waals surface area contributed by atoms with Gasteiger partial charge in [-0.15, -0.1) is 0 Å². The van der Waals surface area contributed by atoms with Crippen LogP contribution in [0.5, 0.6) is 0 Å². The van der Waals surface area contributed by atoms with E-state index in [4.69, 9.17) is 0 Å². The maximum Gasteiger partial charge on any atom is 1.00 e. The van der Waals surface area contributed by atoms with Crippen molar-refractivity contribution in [3.05, 3.63) is 29.3 Å². The molecule has 5 nitrogen and oxygen atoms in total. The third-order valence-corrected chi connectivity index (χ3v) is 4.57. The second kappa shape index (κ2) is 19.0. The molecule has 0 fully saturated rings. The van der Waals surface area contributed by atoms with Gasteiger partial charge in [0.1, 0.15) is 0 Å². The van der Waals surface area contributed by atoms with E-state index in [1.807, 2.05) is 0 Å². The van der Waals surface area contributed by atoms with Gasteiger partial charge in [0.2, 0.25) is 0 Å². The minimum absolute atomic E-state index is 0. The average Bonchev–Trinajstić information content (AvgIpc) is 2.62. The van der Waals surface area contributed by atoms with Crippen molar-refractivity contribution < 1.29 is 78.9 Å². The van der Waals surface area contributed by atoms with Crippen molar-refractivity contribution in [3.8, 4) is 0 Å². The molecule has 0 heterocycles. The quantitative estimate of drug-likeness (QED) is 0.250. The number of hydrogen-bond donors (Lipinski definition) is 1. The van der Waals surface area contributed by atoms with Crippen molar-refractivity contribution in [2.45, 2.75) is 77.6 Å². The van der Waals surface area contributed by atoms with Crippen LogP contribution in [0, 0.1) is 0 Å². The van der Waals surface area contributed by atoms with Gasteiger partial charge in [-0.25, -0.2) is 0 Å². The molecule has 0 spiro atoms. The number of anilines is 1. The van der Waals surface area contributed by atoms with Crippen molar-refractivity contribution in [2.24, 2.45) is 0 Å². The predicted octanol–water partition coefficient (Wildman–Crippen LogP) is -2.86. The van der Waals surface area contributed by atoms with Gasteiger partial charge in [-0.3, -0.25) is 0 Å². The first-order valence-electron chi connectivity index (χ1n) is 9.87. The van der Waals surface area contributed by atoms with Gasteiger partial charge >= 0.3 is 59.1 Å². The monoisotopic (exact) mass is 407 g/mol. The van der Waals surface area contributed by atoms with Crippen LogP contribution in [0.2, 0.25) is 0 Å². The summed E-state index contributed by atoms with van der Waals surface area (Å²) in [4.78, 5) is 21.9. The number of carboxylic acid groups (broad SMARTS) is 2. The van der Waals surface area contributed by atoms with Gasteiger partial charge in [-0.2, -0.15) is 0 Å². The van der Waals surface area contributed by atoms with E-state index in [1.54, 1.807) is 6.07 Å². The van der Waals surface area contributed by atoms with Crippen LogP contribution in [-0.2, 0) is 0 Å². The first kappa shape index (κ1) is 30.2. The summed E-state index contributed by atoms with van der Waals surface area (Å²) in [5.74, 6) is -3.02. The van der Waals surface area contributed by atoms with Crippen LogP contribution in [0.1, 0.15) is 98.3 Å². The molecule has 1 aromatic carbocycles. The molecule has 0 saturated carbocycles. The van der Waals surface area contributed by atoms with Gasteiger partial charge in [0.25, 0.3) is 0 Å². The molecule has 0 aliphatic carbocycles. The molecule has 0 bridgehead atoms. The number of rotatable bonds is 15. The van der Waals surface area contributed by atoms with Crippen molar-refractivity contribution >= 4 is 17.6 Å². The minimum Gasteiger partial charge on any atom is -0.545 e. The predicted molar refractivity (Wildman–Crippen MR) is 100 cm³/mol. The second-order valence-corrected chi connectivity index (χ2v) is 6.80. The number of carbonyl (C=O) groups is 2. The van der Waals surface area contributed by atoms with Gasteiger partial charge in [0, 0.05) is 23.4 Å². The molecule has 7 heteroatoms. The fourth-order valence-corrected chi connectivity index (χ4v) is 3.02. The molecule has 0 saturated heterocycles. The maximum atomic E-state index is 11.0. The number of benzene rings is 1. The average molecular weight is 407 g/mol. The Hall–Kier alpha value is -0.0400. The Kier molecular flexibility index (Phi) is 20.4. The molecule has 0 aliphatic rings. The van der Waals surface area contributed by atoms with E-state index in [0.29, 0.717) is 5.69 Å². The Morgan fingerprint density at radius 1 is 0.750 bits per heavy atom. The van der Waals surface area contributed by atoms with Gasteiger partial charge in [-0.05, 0) is 18.6 Å². The molecule has 1 rings (SSSR count). The number of nitrogens with one attached hydrogen (secondary N) is 1. The molecule has 1 N–H and O–H groups in total. The molecule has 0 unspecified atom stereocenters. The zero-order chi connectivity index (χ0) is 19.2. The molecular weight excluding hydrogens is 376 g/mol. The van der Waals surface area contributed by atoms with E-state index in [-0.39, 0.29) is 70.2 Å². The van der Waals surface area contributed by atoms with E-state index in [9.17, 15) is 19.8 Å². The fraction of sp³-hybridized carbons (Fsp3) is 0.619. The molecule has 146 valence electrons. The first-order valence-corrected chi connectivity index (χ1v) is 9.87. The zero-order valence-electron chi connectivity index (χ0n) is 17.9. The number of carboxylic acids is 2. The standard InChI is InChI=1S/C21H33NO4.2Na/c1-2-3-4-5-6-7-8-9-10-11-12-15-22-17-13-14-18(20(23)24)19(16-17)21(25)26;;/h13-14,16,22H,2-12,15H2,1H3,(H,23,24)(H,25,26);;/q;2*+1/p-2. The van der Waals surface area contributed by atoms with Crippen LogP contribution in [0.3, 0.4) is 0 Å². The molecule has 0 atom stereocenters. The van der Waals surface area contributed by atoms with Gasteiger partial charge in [0.15, 0.2) is 0 Å². The van der Waals surface area contributed by atoms with Crippen molar-refractivity contribution in [1.82, 2.24) is 0 Å². The Morgan fingerprint density at radius 3 is 1.68 bits per heavy atom. The van der Waals surface area contributed by atoms with Crippen molar-refractivity contribution in [2.75, 3.05) is 11.9 Å². The summed E-state index contributed by atoms with van der Waals surface area (Å²) in [6.07, 6.45) is 14.0. The largest absolute Gasteiger partial charge is 1.00 e. The smallest absolute Gasteiger partial charge is 0.545 e. The van der Waals surface area contributed by atoms with E-state index in [1.165, 1.54) is 69.9 Å². The molecule has 28 heavy (non-hydrogen) atoms. The second-order valence-electron chi connectivity index (χ2n) is 6.80. The van der Waals surface area contributed by atoms with E-state index in [2.05, 4.69) is 12.2 Å². The first-order chi connectivity index (χ1) is 12.6. The maximum absolute atomic E-state index is 11.0. The molecule has 0 radical (unpaired) electrons. The van der Waals surface area contributed by atoms with Gasteiger partial charge in [-0.1, -0.05) is 77.2 Å². The van der Waals surface area contributed by atoms with E-state index in [0.717, 1.165) is 19.4 Å². The summed E-state index contributed by atoms with van der Waals surface area (Å²) in [7, 11) is 0. The summed E-state index contributed by atoms with van der Waals surface area (Å²) in [6, 6.07) is 4.08. The molecule has 0 amide bonds. The van der Waals surface area contributed by atoms with Crippen LogP contribution in [0.25, 0.3) is 0 Å². The number of carbonyl (C=O) groups excluding carboxylic acids is 2.